The molecule has 0 bridgehead atoms. The summed E-state index contributed by atoms with van der Waals surface area (Å²) in [5.41, 5.74) is 0.394. The van der Waals surface area contributed by atoms with E-state index in [4.69, 9.17) is 4.74 Å². The summed E-state index contributed by atoms with van der Waals surface area (Å²) >= 11 is 0. The molecule has 2 aliphatic rings. The number of aliphatic hydroxyl groups is 1. The molecule has 2 rings (SSSR count). The van der Waals surface area contributed by atoms with Gasteiger partial charge >= 0.3 is 0 Å². The Kier molecular flexibility index (Phi) is 6.93. The standard InChI is InChI=1S/C17H34N2O2/c1-3-8-18-13-17(6-11-21-12-7-17)14-19-9-4-16(5-10-19)15(2)20/h15-16,18,20H,3-14H2,1-2H3. The van der Waals surface area contributed by atoms with E-state index < -0.39 is 0 Å². The van der Waals surface area contributed by atoms with E-state index in [1.807, 2.05) is 6.92 Å². The number of nitrogens with one attached hydrogen (secondary N) is 1. The molecule has 0 saturated carbocycles. The van der Waals surface area contributed by atoms with Crippen molar-refractivity contribution in [2.24, 2.45) is 11.3 Å². The summed E-state index contributed by atoms with van der Waals surface area (Å²) in [6.07, 6.45) is 5.71. The minimum absolute atomic E-state index is 0.143. The second-order valence-corrected chi connectivity index (χ2v) is 7.14. The molecule has 21 heavy (non-hydrogen) atoms. The zero-order chi connectivity index (χ0) is 15.1. The first-order valence-corrected chi connectivity index (χ1v) is 8.84. The van der Waals surface area contributed by atoms with Gasteiger partial charge in [-0.05, 0) is 70.0 Å². The van der Waals surface area contributed by atoms with Gasteiger partial charge in [-0.15, -0.1) is 0 Å². The normalized spacial score (nSPS) is 25.9. The zero-order valence-electron chi connectivity index (χ0n) is 13.9. The van der Waals surface area contributed by atoms with E-state index in [-0.39, 0.29) is 6.10 Å². The van der Waals surface area contributed by atoms with E-state index in [2.05, 4.69) is 17.1 Å². The lowest BCUT2D eigenvalue weighted by Crippen LogP contribution is -2.49. The molecule has 1 atom stereocenters. The van der Waals surface area contributed by atoms with Gasteiger partial charge in [0.15, 0.2) is 0 Å². The first-order chi connectivity index (χ1) is 10.2. The van der Waals surface area contributed by atoms with Crippen LogP contribution in [0.15, 0.2) is 0 Å². The summed E-state index contributed by atoms with van der Waals surface area (Å²) in [6.45, 7) is 11.7. The van der Waals surface area contributed by atoms with Gasteiger partial charge in [0.05, 0.1) is 6.10 Å². The molecule has 4 nitrogen and oxygen atoms in total. The summed E-state index contributed by atoms with van der Waals surface area (Å²) < 4.78 is 5.59. The van der Waals surface area contributed by atoms with Crippen LogP contribution in [-0.4, -0.2) is 62.0 Å². The van der Waals surface area contributed by atoms with E-state index >= 15 is 0 Å². The maximum Gasteiger partial charge on any atom is 0.0541 e. The summed E-state index contributed by atoms with van der Waals surface area (Å²) in [6, 6.07) is 0. The maximum atomic E-state index is 9.73. The van der Waals surface area contributed by atoms with Crippen LogP contribution in [0.25, 0.3) is 0 Å². The highest BCUT2D eigenvalue weighted by atomic mass is 16.5. The fraction of sp³-hybridized carbons (Fsp3) is 1.00. The van der Waals surface area contributed by atoms with Crippen molar-refractivity contribution in [3.05, 3.63) is 0 Å². The number of aliphatic hydroxyl groups excluding tert-OH is 1. The summed E-state index contributed by atoms with van der Waals surface area (Å²) in [5, 5.41) is 13.4. The van der Waals surface area contributed by atoms with Crippen LogP contribution in [0.1, 0.15) is 46.0 Å². The van der Waals surface area contributed by atoms with Crippen LogP contribution in [0.4, 0.5) is 0 Å². The molecule has 2 fully saturated rings. The molecule has 0 spiro atoms. The lowest BCUT2D eigenvalue weighted by molar-refractivity contribution is -0.0146. The average Bonchev–Trinajstić information content (AvgIpc) is 2.49. The van der Waals surface area contributed by atoms with Gasteiger partial charge < -0.3 is 20.1 Å². The fourth-order valence-corrected chi connectivity index (χ4v) is 3.79. The van der Waals surface area contributed by atoms with E-state index in [0.717, 1.165) is 52.2 Å². The molecule has 124 valence electrons. The van der Waals surface area contributed by atoms with Gasteiger partial charge in [0.25, 0.3) is 0 Å². The second-order valence-electron chi connectivity index (χ2n) is 7.14. The van der Waals surface area contributed by atoms with Crippen molar-refractivity contribution in [2.75, 3.05) is 45.9 Å². The molecule has 0 amide bonds. The minimum Gasteiger partial charge on any atom is -0.393 e. The number of likely N-dealkylation sites (tertiary alicyclic amines) is 1. The average molecular weight is 298 g/mol. The van der Waals surface area contributed by atoms with Gasteiger partial charge in [-0.2, -0.15) is 0 Å². The molecule has 4 heteroatoms. The Bertz CT molecular complexity index is 283. The Labute approximate surface area is 130 Å². The first-order valence-electron chi connectivity index (χ1n) is 8.84. The smallest absolute Gasteiger partial charge is 0.0541 e. The highest BCUT2D eigenvalue weighted by Crippen LogP contribution is 2.32. The van der Waals surface area contributed by atoms with E-state index in [0.29, 0.717) is 11.3 Å². The minimum atomic E-state index is -0.143. The molecule has 2 N–H and O–H groups in total. The van der Waals surface area contributed by atoms with Crippen LogP contribution in [0.2, 0.25) is 0 Å². The molecule has 0 aromatic carbocycles. The van der Waals surface area contributed by atoms with Crippen LogP contribution < -0.4 is 5.32 Å². The van der Waals surface area contributed by atoms with Crippen LogP contribution in [-0.2, 0) is 4.74 Å². The number of nitrogens with zero attached hydrogens (tertiary/aromatic N) is 1. The molecule has 2 heterocycles. The molecule has 1 unspecified atom stereocenters. The van der Waals surface area contributed by atoms with Gasteiger partial charge in [-0.1, -0.05) is 6.92 Å². The highest BCUT2D eigenvalue weighted by Gasteiger charge is 2.35. The molecular formula is C17H34N2O2. The maximum absolute atomic E-state index is 9.73. The fourth-order valence-electron chi connectivity index (χ4n) is 3.79. The third kappa shape index (κ3) is 5.20. The van der Waals surface area contributed by atoms with Gasteiger partial charge in [-0.3, -0.25) is 0 Å². The van der Waals surface area contributed by atoms with Crippen molar-refractivity contribution in [1.82, 2.24) is 10.2 Å². The van der Waals surface area contributed by atoms with Crippen molar-refractivity contribution in [2.45, 2.75) is 52.1 Å². The summed E-state index contributed by atoms with van der Waals surface area (Å²) in [4.78, 5) is 2.62. The SMILES string of the molecule is CCCNCC1(CN2CCC(C(C)O)CC2)CCOCC1. The number of piperidine rings is 1. The number of hydrogen-bond acceptors (Lipinski definition) is 4. The van der Waals surface area contributed by atoms with E-state index in [1.165, 1.54) is 25.8 Å². The number of hydrogen-bond donors (Lipinski definition) is 2. The van der Waals surface area contributed by atoms with Crippen molar-refractivity contribution >= 4 is 0 Å². The Morgan fingerprint density at radius 1 is 1.29 bits per heavy atom. The lowest BCUT2D eigenvalue weighted by atomic mass is 9.78. The van der Waals surface area contributed by atoms with E-state index in [9.17, 15) is 5.11 Å². The number of ether oxygens (including phenoxy) is 1. The molecular weight excluding hydrogens is 264 g/mol. The zero-order valence-corrected chi connectivity index (χ0v) is 13.9. The largest absolute Gasteiger partial charge is 0.393 e. The van der Waals surface area contributed by atoms with E-state index in [1.54, 1.807) is 0 Å². The molecule has 0 aromatic heterocycles. The van der Waals surface area contributed by atoms with Crippen LogP contribution in [0, 0.1) is 11.3 Å². The molecule has 0 radical (unpaired) electrons. The highest BCUT2D eigenvalue weighted by molar-refractivity contribution is 4.89. The summed E-state index contributed by atoms with van der Waals surface area (Å²) in [7, 11) is 0. The molecule has 2 aliphatic heterocycles. The third-order valence-electron chi connectivity index (χ3n) is 5.35. The van der Waals surface area contributed by atoms with Gasteiger partial charge in [0.1, 0.15) is 0 Å². The second kappa shape index (κ2) is 8.47. The monoisotopic (exact) mass is 298 g/mol. The lowest BCUT2D eigenvalue weighted by Gasteiger charge is -2.43. The molecule has 0 aliphatic carbocycles. The summed E-state index contributed by atoms with van der Waals surface area (Å²) in [5.74, 6) is 0.505. The van der Waals surface area contributed by atoms with Gasteiger partial charge in [-0.25, -0.2) is 0 Å². The Morgan fingerprint density at radius 2 is 1.95 bits per heavy atom. The van der Waals surface area contributed by atoms with Crippen LogP contribution >= 0.6 is 0 Å². The molecule has 2 saturated heterocycles. The number of rotatable bonds is 7. The van der Waals surface area contributed by atoms with Gasteiger partial charge in [0.2, 0.25) is 0 Å². The Balaban J connectivity index is 1.84. The van der Waals surface area contributed by atoms with Crippen molar-refractivity contribution in [3.8, 4) is 0 Å². The molecule has 0 aromatic rings. The first kappa shape index (κ1) is 17.2. The Morgan fingerprint density at radius 3 is 2.52 bits per heavy atom. The predicted molar refractivity (Wildman–Crippen MR) is 86.5 cm³/mol. The predicted octanol–water partition coefficient (Wildman–Crippen LogP) is 1.88. The van der Waals surface area contributed by atoms with Crippen molar-refractivity contribution in [3.63, 3.8) is 0 Å². The van der Waals surface area contributed by atoms with Crippen LogP contribution in [0.5, 0.6) is 0 Å². The third-order valence-corrected chi connectivity index (χ3v) is 5.35. The Hall–Kier alpha value is -0.160. The topological polar surface area (TPSA) is 44.7 Å². The van der Waals surface area contributed by atoms with Crippen molar-refractivity contribution in [1.29, 1.82) is 0 Å². The quantitative estimate of drug-likeness (QED) is 0.704. The van der Waals surface area contributed by atoms with Gasteiger partial charge in [0, 0.05) is 26.3 Å². The van der Waals surface area contributed by atoms with Crippen molar-refractivity contribution < 1.29 is 9.84 Å². The van der Waals surface area contributed by atoms with Crippen LogP contribution in [0.3, 0.4) is 0 Å².